The molecule has 0 fully saturated rings. The normalized spacial score (nSPS) is 10.6. The molecule has 1 N–H and O–H groups in total. The number of hydrogen-bond donors (Lipinski definition) is 1. The summed E-state index contributed by atoms with van der Waals surface area (Å²) in [6.45, 7) is 0. The number of methoxy groups -OCH3 is 2. The van der Waals surface area contributed by atoms with Gasteiger partial charge in [0.25, 0.3) is 5.91 Å². The smallest absolute Gasteiger partial charge is 0.412 e. The Labute approximate surface area is 183 Å². The van der Waals surface area contributed by atoms with Crippen LogP contribution < -0.4 is 15.0 Å². The summed E-state index contributed by atoms with van der Waals surface area (Å²) in [5.41, 5.74) is 2.64. The van der Waals surface area contributed by atoms with E-state index in [4.69, 9.17) is 4.74 Å². The molecule has 0 aliphatic rings. The van der Waals surface area contributed by atoms with Gasteiger partial charge in [-0.2, -0.15) is 0 Å². The van der Waals surface area contributed by atoms with Crippen molar-refractivity contribution >= 4 is 29.3 Å². The summed E-state index contributed by atoms with van der Waals surface area (Å²) in [5.74, 6) is 1.21. The molecule has 2 amide bonds. The monoisotopic (exact) mass is 432 g/mol. The van der Waals surface area contributed by atoms with Crippen LogP contribution in [0.4, 0.5) is 16.4 Å². The predicted octanol–water partition coefficient (Wildman–Crippen LogP) is 3.25. The van der Waals surface area contributed by atoms with E-state index in [-0.39, 0.29) is 5.91 Å². The summed E-state index contributed by atoms with van der Waals surface area (Å²) in [4.78, 5) is 38.7. The van der Waals surface area contributed by atoms with Crippen LogP contribution >= 0.6 is 0 Å². The van der Waals surface area contributed by atoms with Crippen LogP contribution in [0.1, 0.15) is 10.4 Å². The molecule has 0 saturated heterocycles. The molecule has 4 aromatic rings. The zero-order valence-electron chi connectivity index (χ0n) is 17.6. The fourth-order valence-corrected chi connectivity index (χ4v) is 3.10. The van der Waals surface area contributed by atoms with Crippen LogP contribution in [0.15, 0.2) is 61.2 Å². The van der Waals surface area contributed by atoms with Crippen LogP contribution in [0, 0.1) is 0 Å². The maximum absolute atomic E-state index is 13.1. The Morgan fingerprint density at radius 1 is 1.03 bits per heavy atom. The Hall–Kier alpha value is -4.47. The SMILES string of the molecule is COC(=O)Nc1ccc(-c2cnc3ccc(C(=O)N(C)c4cc(OC)ccn4)cn23)cn1. The van der Waals surface area contributed by atoms with E-state index in [1.807, 2.05) is 4.40 Å². The number of imidazole rings is 1. The number of aromatic nitrogens is 4. The van der Waals surface area contributed by atoms with Crippen LogP contribution in [0.5, 0.6) is 5.75 Å². The molecule has 10 heteroatoms. The zero-order valence-corrected chi connectivity index (χ0v) is 17.6. The van der Waals surface area contributed by atoms with Gasteiger partial charge < -0.3 is 9.47 Å². The number of hydrogen-bond acceptors (Lipinski definition) is 7. The minimum Gasteiger partial charge on any atom is -0.497 e. The van der Waals surface area contributed by atoms with Crippen molar-refractivity contribution in [1.29, 1.82) is 0 Å². The molecular weight excluding hydrogens is 412 g/mol. The first-order chi connectivity index (χ1) is 15.5. The number of carbonyl (C=O) groups is 2. The molecule has 0 aromatic carbocycles. The predicted molar refractivity (Wildman–Crippen MR) is 118 cm³/mol. The highest BCUT2D eigenvalue weighted by molar-refractivity contribution is 6.05. The second-order valence-corrected chi connectivity index (χ2v) is 6.76. The number of fused-ring (bicyclic) bond motifs is 1. The first-order valence-corrected chi connectivity index (χ1v) is 9.57. The Morgan fingerprint density at radius 2 is 1.88 bits per heavy atom. The van der Waals surface area contributed by atoms with Crippen molar-refractivity contribution in [2.24, 2.45) is 0 Å². The number of nitrogens with zero attached hydrogens (tertiary/aromatic N) is 5. The zero-order chi connectivity index (χ0) is 22.7. The van der Waals surface area contributed by atoms with Crippen LogP contribution in [0.25, 0.3) is 16.9 Å². The minimum absolute atomic E-state index is 0.233. The van der Waals surface area contributed by atoms with Crippen molar-refractivity contribution in [3.05, 3.63) is 66.7 Å². The molecule has 4 heterocycles. The minimum atomic E-state index is -0.599. The lowest BCUT2D eigenvalue weighted by Gasteiger charge is -2.17. The van der Waals surface area contributed by atoms with Crippen LogP contribution in [-0.4, -0.2) is 52.6 Å². The van der Waals surface area contributed by atoms with Gasteiger partial charge in [-0.3, -0.25) is 19.4 Å². The van der Waals surface area contributed by atoms with E-state index in [1.165, 1.54) is 12.0 Å². The number of anilines is 2. The van der Waals surface area contributed by atoms with Gasteiger partial charge in [-0.15, -0.1) is 0 Å². The van der Waals surface area contributed by atoms with Gasteiger partial charge in [0.2, 0.25) is 0 Å². The lowest BCUT2D eigenvalue weighted by Crippen LogP contribution is -2.27. The topological polar surface area (TPSA) is 111 Å². The second-order valence-electron chi connectivity index (χ2n) is 6.76. The van der Waals surface area contributed by atoms with Crippen LogP contribution in [0.2, 0.25) is 0 Å². The molecule has 0 radical (unpaired) electrons. The molecule has 0 aliphatic heterocycles. The molecule has 0 atom stereocenters. The molecule has 10 nitrogen and oxygen atoms in total. The number of amides is 2. The molecule has 0 saturated carbocycles. The standard InChI is InChI=1S/C22H20N6O4/c1-27(20-10-16(31-2)8-9-23-20)21(29)15-5-7-19-25-12-17(28(19)13-15)14-4-6-18(24-11-14)26-22(30)32-3/h4-13H,1-3H3,(H,24,26,30). The molecule has 0 bridgehead atoms. The van der Waals surface area contributed by atoms with Gasteiger partial charge in [0.1, 0.15) is 23.0 Å². The van der Waals surface area contributed by atoms with Gasteiger partial charge in [-0.25, -0.2) is 19.7 Å². The third-order valence-electron chi connectivity index (χ3n) is 4.83. The van der Waals surface area contributed by atoms with E-state index >= 15 is 0 Å². The van der Waals surface area contributed by atoms with Gasteiger partial charge in [-0.1, -0.05) is 0 Å². The Bertz CT molecular complexity index is 1290. The third-order valence-corrected chi connectivity index (χ3v) is 4.83. The summed E-state index contributed by atoms with van der Waals surface area (Å²) in [6, 6.07) is 10.3. The number of nitrogens with one attached hydrogen (secondary N) is 1. The molecule has 0 aliphatic carbocycles. The largest absolute Gasteiger partial charge is 0.497 e. The van der Waals surface area contributed by atoms with Crippen molar-refractivity contribution in [3.8, 4) is 17.0 Å². The fraction of sp³-hybridized carbons (Fsp3) is 0.136. The Kier molecular flexibility index (Phi) is 5.67. The van der Waals surface area contributed by atoms with Gasteiger partial charge >= 0.3 is 6.09 Å². The van der Waals surface area contributed by atoms with Crippen molar-refractivity contribution < 1.29 is 19.1 Å². The highest BCUT2D eigenvalue weighted by Crippen LogP contribution is 2.23. The molecule has 0 spiro atoms. The number of rotatable bonds is 5. The summed E-state index contributed by atoms with van der Waals surface area (Å²) in [5, 5.41) is 2.50. The van der Waals surface area contributed by atoms with Gasteiger partial charge in [-0.05, 0) is 30.3 Å². The van der Waals surface area contributed by atoms with Crippen molar-refractivity contribution in [2.45, 2.75) is 0 Å². The van der Waals surface area contributed by atoms with Gasteiger partial charge in [0, 0.05) is 37.3 Å². The van der Waals surface area contributed by atoms with E-state index < -0.39 is 6.09 Å². The van der Waals surface area contributed by atoms with E-state index in [9.17, 15) is 9.59 Å². The van der Waals surface area contributed by atoms with Crippen molar-refractivity contribution in [2.75, 3.05) is 31.5 Å². The van der Waals surface area contributed by atoms with E-state index in [2.05, 4.69) is 25.0 Å². The number of ether oxygens (including phenoxy) is 2. The van der Waals surface area contributed by atoms with Crippen molar-refractivity contribution in [1.82, 2.24) is 19.4 Å². The average molecular weight is 432 g/mol. The van der Waals surface area contributed by atoms with Crippen LogP contribution in [0.3, 0.4) is 0 Å². The highest BCUT2D eigenvalue weighted by Gasteiger charge is 2.17. The van der Waals surface area contributed by atoms with E-state index in [0.29, 0.717) is 28.6 Å². The molecular formula is C22H20N6O4. The summed E-state index contributed by atoms with van der Waals surface area (Å²) in [7, 11) is 4.49. The molecule has 4 aromatic heterocycles. The highest BCUT2D eigenvalue weighted by atomic mass is 16.5. The number of pyridine rings is 3. The maximum Gasteiger partial charge on any atom is 0.412 e. The Morgan fingerprint density at radius 3 is 2.59 bits per heavy atom. The molecule has 32 heavy (non-hydrogen) atoms. The van der Waals surface area contributed by atoms with Gasteiger partial charge in [0.05, 0.1) is 31.7 Å². The average Bonchev–Trinajstić information content (AvgIpc) is 3.26. The number of carbonyl (C=O) groups excluding carboxylic acids is 2. The maximum atomic E-state index is 13.1. The second kappa shape index (κ2) is 8.72. The summed E-state index contributed by atoms with van der Waals surface area (Å²) >= 11 is 0. The Balaban J connectivity index is 1.64. The quantitative estimate of drug-likeness (QED) is 0.515. The van der Waals surface area contributed by atoms with Crippen LogP contribution in [-0.2, 0) is 4.74 Å². The lowest BCUT2D eigenvalue weighted by molar-refractivity contribution is 0.0992. The third kappa shape index (κ3) is 4.06. The lowest BCUT2D eigenvalue weighted by atomic mass is 10.2. The summed E-state index contributed by atoms with van der Waals surface area (Å²) < 4.78 is 11.6. The van der Waals surface area contributed by atoms with Crippen molar-refractivity contribution in [3.63, 3.8) is 0 Å². The molecule has 0 unspecified atom stereocenters. The van der Waals surface area contributed by atoms with E-state index in [1.54, 1.807) is 75.3 Å². The van der Waals surface area contributed by atoms with E-state index in [0.717, 1.165) is 11.3 Å². The van der Waals surface area contributed by atoms with Gasteiger partial charge in [0.15, 0.2) is 0 Å². The fourth-order valence-electron chi connectivity index (χ4n) is 3.10. The molecule has 4 rings (SSSR count). The summed E-state index contributed by atoms with van der Waals surface area (Å²) in [6.07, 6.45) is 6.01. The molecule has 162 valence electrons. The first-order valence-electron chi connectivity index (χ1n) is 9.57. The first kappa shape index (κ1) is 20.8.